The molecule has 0 aliphatic carbocycles. The number of β-amino-alcohol motifs (C(OH)–C–C–N with tert-alkyl or cyclic N) is 1. The first-order valence-electron chi connectivity index (χ1n) is 5.68. The Morgan fingerprint density at radius 3 is 2.94 bits per heavy atom. The Bertz CT molecular complexity index is 430. The summed E-state index contributed by atoms with van der Waals surface area (Å²) in [6.07, 6.45) is 3.30. The molecule has 0 atom stereocenters. The predicted octanol–water partition coefficient (Wildman–Crippen LogP) is 1.83. The third kappa shape index (κ3) is 2.50. The van der Waals surface area contributed by atoms with Crippen LogP contribution in [0.3, 0.4) is 0 Å². The quantitative estimate of drug-likeness (QED) is 0.866. The van der Waals surface area contributed by atoms with Gasteiger partial charge in [-0.15, -0.1) is 0 Å². The summed E-state index contributed by atoms with van der Waals surface area (Å²) in [5.41, 5.74) is -0.134. The molecule has 1 aliphatic rings. The van der Waals surface area contributed by atoms with E-state index in [9.17, 15) is 9.90 Å². The summed E-state index contributed by atoms with van der Waals surface area (Å²) in [6, 6.07) is 3.46. The van der Waals surface area contributed by atoms with Crippen LogP contribution in [0.5, 0.6) is 0 Å². The molecule has 1 aromatic heterocycles. The fraction of sp³-hybridized carbons (Fsp3) is 0.500. The van der Waals surface area contributed by atoms with Crippen LogP contribution in [-0.2, 0) is 0 Å². The highest BCUT2D eigenvalue weighted by atomic mass is 79.9. The number of halogens is 1. The van der Waals surface area contributed by atoms with E-state index < -0.39 is 5.60 Å². The maximum atomic E-state index is 12.1. The Hall–Kier alpha value is -0.940. The van der Waals surface area contributed by atoms with Gasteiger partial charge in [0.05, 0.1) is 24.3 Å². The average molecular weight is 299 g/mol. The van der Waals surface area contributed by atoms with Crippen LogP contribution < -0.4 is 0 Å². The fourth-order valence-corrected chi connectivity index (χ4v) is 2.57. The Morgan fingerprint density at radius 1 is 1.65 bits per heavy atom. The van der Waals surface area contributed by atoms with E-state index in [1.165, 1.54) is 0 Å². The van der Waals surface area contributed by atoms with Gasteiger partial charge >= 0.3 is 0 Å². The number of carbonyl (C=O) groups excluding carboxylic acids is 1. The molecular weight excluding hydrogens is 284 g/mol. The lowest BCUT2D eigenvalue weighted by Crippen LogP contribution is -2.63. The van der Waals surface area contributed by atoms with E-state index in [-0.39, 0.29) is 5.91 Å². The van der Waals surface area contributed by atoms with Crippen molar-refractivity contribution >= 4 is 21.8 Å². The van der Waals surface area contributed by atoms with Crippen molar-refractivity contribution in [2.24, 2.45) is 0 Å². The van der Waals surface area contributed by atoms with E-state index in [4.69, 9.17) is 0 Å². The molecule has 1 fully saturated rings. The van der Waals surface area contributed by atoms with Crippen LogP contribution in [0.1, 0.15) is 30.1 Å². The average Bonchev–Trinajstić information content (AvgIpc) is 2.26. The Kier molecular flexibility index (Phi) is 3.49. The number of amides is 1. The van der Waals surface area contributed by atoms with Crippen LogP contribution in [0.4, 0.5) is 0 Å². The van der Waals surface area contributed by atoms with Gasteiger partial charge in [-0.3, -0.25) is 4.79 Å². The van der Waals surface area contributed by atoms with Crippen LogP contribution in [0.2, 0.25) is 0 Å². The number of hydrogen-bond donors (Lipinski definition) is 1. The number of likely N-dealkylation sites (tertiary alicyclic amines) is 1. The fourth-order valence-electron chi connectivity index (χ4n) is 2.15. The van der Waals surface area contributed by atoms with Gasteiger partial charge in [-0.1, -0.05) is 13.3 Å². The van der Waals surface area contributed by atoms with Gasteiger partial charge in [0, 0.05) is 6.20 Å². The maximum absolute atomic E-state index is 12.1. The van der Waals surface area contributed by atoms with Crippen LogP contribution in [0.15, 0.2) is 22.9 Å². The normalized spacial score (nSPS) is 17.7. The highest BCUT2D eigenvalue weighted by Gasteiger charge is 2.43. The lowest BCUT2D eigenvalue weighted by molar-refractivity contribution is -0.0860. The molecule has 92 valence electrons. The second-order valence-corrected chi connectivity index (χ2v) is 5.23. The van der Waals surface area contributed by atoms with Gasteiger partial charge < -0.3 is 10.0 Å². The second kappa shape index (κ2) is 4.74. The minimum atomic E-state index is -0.681. The largest absolute Gasteiger partial charge is 0.386 e. The molecule has 4 nitrogen and oxygen atoms in total. The number of aromatic nitrogens is 1. The van der Waals surface area contributed by atoms with Crippen molar-refractivity contribution in [2.45, 2.75) is 25.4 Å². The highest BCUT2D eigenvalue weighted by molar-refractivity contribution is 9.10. The molecule has 1 N–H and O–H groups in total. The summed E-state index contributed by atoms with van der Waals surface area (Å²) >= 11 is 3.26. The van der Waals surface area contributed by atoms with Crippen molar-refractivity contribution in [1.29, 1.82) is 0 Å². The van der Waals surface area contributed by atoms with Gasteiger partial charge in [-0.05, 0) is 34.5 Å². The number of hydrogen-bond acceptors (Lipinski definition) is 3. The maximum Gasteiger partial charge on any atom is 0.256 e. The van der Waals surface area contributed by atoms with Gasteiger partial charge in [0.1, 0.15) is 4.60 Å². The molecule has 1 aliphatic heterocycles. The van der Waals surface area contributed by atoms with Gasteiger partial charge in [0.2, 0.25) is 0 Å². The summed E-state index contributed by atoms with van der Waals surface area (Å²) in [5, 5.41) is 10.0. The first kappa shape index (κ1) is 12.5. The van der Waals surface area contributed by atoms with Gasteiger partial charge in [0.25, 0.3) is 5.91 Å². The SMILES string of the molecule is CCCC1(O)CN(C(=O)c2cccnc2Br)C1. The van der Waals surface area contributed by atoms with E-state index in [2.05, 4.69) is 20.9 Å². The number of nitrogens with zero attached hydrogens (tertiary/aromatic N) is 2. The summed E-state index contributed by atoms with van der Waals surface area (Å²) in [7, 11) is 0. The predicted molar refractivity (Wildman–Crippen MR) is 67.7 cm³/mol. The monoisotopic (exact) mass is 298 g/mol. The summed E-state index contributed by atoms with van der Waals surface area (Å²) in [6.45, 7) is 2.86. The van der Waals surface area contributed by atoms with Gasteiger partial charge in [-0.2, -0.15) is 0 Å². The van der Waals surface area contributed by atoms with Crippen LogP contribution in [0, 0.1) is 0 Å². The standard InChI is InChI=1S/C12H15BrN2O2/c1-2-5-12(17)7-15(8-12)11(16)9-4-3-6-14-10(9)13/h3-4,6,17H,2,5,7-8H2,1H3. The molecule has 17 heavy (non-hydrogen) atoms. The zero-order valence-corrected chi connectivity index (χ0v) is 11.3. The molecule has 5 heteroatoms. The lowest BCUT2D eigenvalue weighted by Gasteiger charge is -2.46. The van der Waals surface area contributed by atoms with Crippen molar-refractivity contribution in [2.75, 3.05) is 13.1 Å². The van der Waals surface area contributed by atoms with Gasteiger partial charge in [0.15, 0.2) is 0 Å². The van der Waals surface area contributed by atoms with Crippen molar-refractivity contribution in [3.05, 3.63) is 28.5 Å². The molecule has 0 saturated carbocycles. The lowest BCUT2D eigenvalue weighted by atomic mass is 9.89. The summed E-state index contributed by atoms with van der Waals surface area (Å²) in [4.78, 5) is 17.8. The third-order valence-corrected chi connectivity index (χ3v) is 3.59. The van der Waals surface area contributed by atoms with E-state index in [1.54, 1.807) is 23.2 Å². The van der Waals surface area contributed by atoms with Gasteiger partial charge in [-0.25, -0.2) is 4.98 Å². The molecule has 2 rings (SSSR count). The number of pyridine rings is 1. The van der Waals surface area contributed by atoms with Crippen molar-refractivity contribution in [3.8, 4) is 0 Å². The number of rotatable bonds is 3. The molecule has 1 aromatic rings. The molecule has 0 aromatic carbocycles. The Morgan fingerprint density at radius 2 is 2.35 bits per heavy atom. The van der Waals surface area contributed by atoms with E-state index >= 15 is 0 Å². The minimum absolute atomic E-state index is 0.0780. The minimum Gasteiger partial charge on any atom is -0.386 e. The van der Waals surface area contributed by atoms with Crippen molar-refractivity contribution < 1.29 is 9.90 Å². The third-order valence-electron chi connectivity index (χ3n) is 2.96. The Balaban J connectivity index is 2.03. The topological polar surface area (TPSA) is 53.4 Å². The first-order chi connectivity index (χ1) is 8.06. The second-order valence-electron chi connectivity index (χ2n) is 4.48. The molecule has 0 radical (unpaired) electrons. The summed E-state index contributed by atoms with van der Waals surface area (Å²) in [5.74, 6) is -0.0780. The van der Waals surface area contributed by atoms with Crippen molar-refractivity contribution in [3.63, 3.8) is 0 Å². The van der Waals surface area contributed by atoms with E-state index in [0.717, 1.165) is 12.8 Å². The molecule has 1 saturated heterocycles. The molecular formula is C12H15BrN2O2. The Labute approximate surface area is 109 Å². The van der Waals surface area contributed by atoms with Crippen LogP contribution in [0.25, 0.3) is 0 Å². The number of carbonyl (C=O) groups is 1. The smallest absolute Gasteiger partial charge is 0.256 e. The van der Waals surface area contributed by atoms with Crippen LogP contribution in [-0.4, -0.2) is 39.6 Å². The molecule has 0 unspecified atom stereocenters. The molecule has 0 spiro atoms. The zero-order valence-electron chi connectivity index (χ0n) is 9.69. The molecule has 1 amide bonds. The zero-order chi connectivity index (χ0) is 12.5. The molecule has 0 bridgehead atoms. The van der Waals surface area contributed by atoms with E-state index in [1.807, 2.05) is 6.92 Å². The number of aliphatic hydroxyl groups is 1. The highest BCUT2D eigenvalue weighted by Crippen LogP contribution is 2.28. The molecule has 2 heterocycles. The first-order valence-corrected chi connectivity index (χ1v) is 6.47. The van der Waals surface area contributed by atoms with Crippen molar-refractivity contribution in [1.82, 2.24) is 9.88 Å². The summed E-state index contributed by atoms with van der Waals surface area (Å²) < 4.78 is 0.552. The van der Waals surface area contributed by atoms with E-state index in [0.29, 0.717) is 23.3 Å². The van der Waals surface area contributed by atoms with Crippen LogP contribution >= 0.6 is 15.9 Å².